The molecular weight excluding hydrogens is 254 g/mol. The highest BCUT2D eigenvalue weighted by Crippen LogP contribution is 2.29. The highest BCUT2D eigenvalue weighted by atomic mass is 16.3. The van der Waals surface area contributed by atoms with Crippen molar-refractivity contribution in [2.24, 2.45) is 0 Å². The monoisotopic (exact) mass is 267 g/mol. The van der Waals surface area contributed by atoms with Crippen LogP contribution in [0.5, 0.6) is 0 Å². The fraction of sp³-hybridized carbons (Fsp3) is 0.0667. The number of carbonyl (C=O) groups is 1. The quantitative estimate of drug-likeness (QED) is 0.749. The number of benzene rings is 2. The minimum Gasteiger partial charge on any atom is -0.436 e. The van der Waals surface area contributed by atoms with E-state index in [1.54, 1.807) is 13.1 Å². The van der Waals surface area contributed by atoms with Crippen molar-refractivity contribution in [2.45, 2.75) is 0 Å². The van der Waals surface area contributed by atoms with Crippen LogP contribution in [0.1, 0.15) is 0 Å². The van der Waals surface area contributed by atoms with Crippen molar-refractivity contribution in [3.8, 4) is 11.5 Å². The molecule has 2 amide bonds. The summed E-state index contributed by atoms with van der Waals surface area (Å²) < 4.78 is 5.73. The molecule has 5 nitrogen and oxygen atoms in total. The normalized spacial score (nSPS) is 10.4. The second-order valence-electron chi connectivity index (χ2n) is 4.24. The lowest BCUT2D eigenvalue weighted by atomic mass is 10.2. The van der Waals surface area contributed by atoms with E-state index in [1.807, 2.05) is 42.5 Å². The lowest BCUT2D eigenvalue weighted by Gasteiger charge is -2.07. The smallest absolute Gasteiger partial charge is 0.318 e. The zero-order valence-corrected chi connectivity index (χ0v) is 10.9. The van der Waals surface area contributed by atoms with Crippen LogP contribution in [-0.2, 0) is 0 Å². The summed E-state index contributed by atoms with van der Waals surface area (Å²) in [4.78, 5) is 15.9. The summed E-state index contributed by atoms with van der Waals surface area (Å²) in [7, 11) is 1.57. The Morgan fingerprint density at radius 2 is 1.85 bits per heavy atom. The molecule has 0 fully saturated rings. The fourth-order valence-electron chi connectivity index (χ4n) is 1.95. The van der Waals surface area contributed by atoms with Gasteiger partial charge in [0.1, 0.15) is 5.52 Å². The van der Waals surface area contributed by atoms with Crippen LogP contribution in [-0.4, -0.2) is 18.1 Å². The van der Waals surface area contributed by atoms with Gasteiger partial charge in [-0.3, -0.25) is 0 Å². The largest absolute Gasteiger partial charge is 0.436 e. The summed E-state index contributed by atoms with van der Waals surface area (Å²) >= 11 is 0. The van der Waals surface area contributed by atoms with Crippen molar-refractivity contribution in [1.82, 2.24) is 10.3 Å². The van der Waals surface area contributed by atoms with Gasteiger partial charge in [0.15, 0.2) is 5.58 Å². The van der Waals surface area contributed by atoms with E-state index in [9.17, 15) is 4.79 Å². The molecule has 1 aromatic heterocycles. The number of fused-ring (bicyclic) bond motifs is 1. The van der Waals surface area contributed by atoms with Gasteiger partial charge >= 0.3 is 6.03 Å². The van der Waals surface area contributed by atoms with Gasteiger partial charge in [0.25, 0.3) is 0 Å². The van der Waals surface area contributed by atoms with Gasteiger partial charge < -0.3 is 15.1 Å². The topological polar surface area (TPSA) is 67.2 Å². The van der Waals surface area contributed by atoms with Crippen molar-refractivity contribution in [3.63, 3.8) is 0 Å². The number of carbonyl (C=O) groups excluding carboxylic acids is 1. The molecule has 0 aliphatic rings. The number of urea groups is 1. The van der Waals surface area contributed by atoms with E-state index in [-0.39, 0.29) is 6.03 Å². The average molecular weight is 267 g/mol. The molecule has 2 aromatic carbocycles. The van der Waals surface area contributed by atoms with Gasteiger partial charge in [-0.05, 0) is 24.3 Å². The van der Waals surface area contributed by atoms with Gasteiger partial charge in [-0.15, -0.1) is 0 Å². The van der Waals surface area contributed by atoms with E-state index in [0.29, 0.717) is 11.6 Å². The summed E-state index contributed by atoms with van der Waals surface area (Å²) in [6.07, 6.45) is 0. The number of hydrogen-bond acceptors (Lipinski definition) is 3. The highest BCUT2D eigenvalue weighted by Gasteiger charge is 2.12. The second-order valence-corrected chi connectivity index (χ2v) is 4.24. The standard InChI is InChI=1S/C15H13N3O2/c1-16-15(19)18-11-7-3-2-6-10(11)14-17-12-8-4-5-9-13(12)20-14/h2-9H,1H3,(H2,16,18,19). The molecule has 3 aromatic rings. The lowest BCUT2D eigenvalue weighted by Crippen LogP contribution is -2.24. The van der Waals surface area contributed by atoms with Crippen LogP contribution in [0.4, 0.5) is 10.5 Å². The molecule has 0 saturated heterocycles. The Labute approximate surface area is 115 Å². The van der Waals surface area contributed by atoms with Crippen LogP contribution >= 0.6 is 0 Å². The number of para-hydroxylation sites is 3. The third kappa shape index (κ3) is 2.21. The van der Waals surface area contributed by atoms with Crippen molar-refractivity contribution in [1.29, 1.82) is 0 Å². The number of rotatable bonds is 2. The van der Waals surface area contributed by atoms with Crippen LogP contribution in [0.2, 0.25) is 0 Å². The van der Waals surface area contributed by atoms with Crippen LogP contribution < -0.4 is 10.6 Å². The SMILES string of the molecule is CNC(=O)Nc1ccccc1-c1nc2ccccc2o1. The molecule has 1 heterocycles. The minimum absolute atomic E-state index is 0.284. The van der Waals surface area contributed by atoms with E-state index in [1.165, 1.54) is 0 Å². The number of amides is 2. The molecule has 0 aliphatic carbocycles. The zero-order valence-electron chi connectivity index (χ0n) is 10.9. The van der Waals surface area contributed by atoms with Gasteiger partial charge in [-0.2, -0.15) is 0 Å². The second kappa shape index (κ2) is 5.05. The first kappa shape index (κ1) is 12.2. The maximum Gasteiger partial charge on any atom is 0.318 e. The van der Waals surface area contributed by atoms with E-state index in [2.05, 4.69) is 15.6 Å². The molecule has 0 unspecified atom stereocenters. The Kier molecular flexibility index (Phi) is 3.09. The summed E-state index contributed by atoms with van der Waals surface area (Å²) in [6, 6.07) is 14.6. The van der Waals surface area contributed by atoms with Crippen molar-refractivity contribution >= 4 is 22.8 Å². The first-order chi connectivity index (χ1) is 9.78. The molecular formula is C15H13N3O2. The molecule has 100 valence electrons. The number of nitrogens with zero attached hydrogens (tertiary/aromatic N) is 1. The first-order valence-electron chi connectivity index (χ1n) is 6.21. The average Bonchev–Trinajstić information content (AvgIpc) is 2.91. The number of nitrogens with one attached hydrogen (secondary N) is 2. The van der Waals surface area contributed by atoms with E-state index in [0.717, 1.165) is 16.7 Å². The van der Waals surface area contributed by atoms with Gasteiger partial charge in [0.05, 0.1) is 11.3 Å². The maximum absolute atomic E-state index is 11.5. The summed E-state index contributed by atoms with van der Waals surface area (Å²) in [5.41, 5.74) is 2.90. The third-order valence-corrected chi connectivity index (χ3v) is 2.93. The summed E-state index contributed by atoms with van der Waals surface area (Å²) in [5, 5.41) is 5.27. The highest BCUT2D eigenvalue weighted by molar-refractivity contribution is 5.93. The fourth-order valence-corrected chi connectivity index (χ4v) is 1.95. The molecule has 0 saturated carbocycles. The molecule has 5 heteroatoms. The maximum atomic E-state index is 11.5. The third-order valence-electron chi connectivity index (χ3n) is 2.93. The predicted octanol–water partition coefficient (Wildman–Crippen LogP) is 3.25. The van der Waals surface area contributed by atoms with Crippen LogP contribution in [0.3, 0.4) is 0 Å². The molecule has 20 heavy (non-hydrogen) atoms. The lowest BCUT2D eigenvalue weighted by molar-refractivity contribution is 0.254. The van der Waals surface area contributed by atoms with E-state index < -0.39 is 0 Å². The Bertz CT molecular complexity index is 731. The predicted molar refractivity (Wildman–Crippen MR) is 77.5 cm³/mol. The summed E-state index contributed by atoms with van der Waals surface area (Å²) in [5.74, 6) is 0.484. The van der Waals surface area contributed by atoms with Crippen LogP contribution in [0.15, 0.2) is 52.9 Å². The van der Waals surface area contributed by atoms with Crippen molar-refractivity contribution in [3.05, 3.63) is 48.5 Å². The van der Waals surface area contributed by atoms with Gasteiger partial charge in [-0.25, -0.2) is 9.78 Å². The molecule has 3 rings (SSSR count). The molecule has 0 atom stereocenters. The number of oxazole rings is 1. The van der Waals surface area contributed by atoms with Gasteiger partial charge in [-0.1, -0.05) is 24.3 Å². The zero-order chi connectivity index (χ0) is 13.9. The molecule has 0 spiro atoms. The number of hydrogen-bond donors (Lipinski definition) is 2. The van der Waals surface area contributed by atoms with Gasteiger partial charge in [0.2, 0.25) is 5.89 Å². The van der Waals surface area contributed by atoms with E-state index in [4.69, 9.17) is 4.42 Å². The summed E-state index contributed by atoms with van der Waals surface area (Å²) in [6.45, 7) is 0. The molecule has 0 radical (unpaired) electrons. The van der Waals surface area contributed by atoms with Crippen molar-refractivity contribution in [2.75, 3.05) is 12.4 Å². The Morgan fingerprint density at radius 3 is 2.65 bits per heavy atom. The first-order valence-corrected chi connectivity index (χ1v) is 6.21. The minimum atomic E-state index is -0.284. The molecule has 0 bridgehead atoms. The molecule has 0 aliphatic heterocycles. The van der Waals surface area contributed by atoms with Gasteiger partial charge in [0, 0.05) is 7.05 Å². The number of aromatic nitrogens is 1. The Balaban J connectivity index is 2.07. The Hall–Kier alpha value is -2.82. The molecule has 2 N–H and O–H groups in total. The van der Waals surface area contributed by atoms with Crippen LogP contribution in [0.25, 0.3) is 22.6 Å². The van der Waals surface area contributed by atoms with Crippen molar-refractivity contribution < 1.29 is 9.21 Å². The number of anilines is 1. The van der Waals surface area contributed by atoms with Crippen LogP contribution in [0, 0.1) is 0 Å². The van der Waals surface area contributed by atoms with E-state index >= 15 is 0 Å². The Morgan fingerprint density at radius 1 is 1.10 bits per heavy atom.